The second-order valence-electron chi connectivity index (χ2n) is 6.12. The number of rotatable bonds is 5. The first-order valence-electron chi connectivity index (χ1n) is 7.89. The molecule has 0 amide bonds. The SMILES string of the molecule is CS(=O)(=O)c1cc(NC2CCN(c3ccccc3)C2)ccc1[N+](=O)[O-]. The molecule has 1 heterocycles. The lowest BCUT2D eigenvalue weighted by Crippen LogP contribution is -2.26. The molecule has 8 heteroatoms. The second-order valence-corrected chi connectivity index (χ2v) is 8.11. The summed E-state index contributed by atoms with van der Waals surface area (Å²) >= 11 is 0. The van der Waals surface area contributed by atoms with E-state index in [1.165, 1.54) is 12.1 Å². The summed E-state index contributed by atoms with van der Waals surface area (Å²) in [5, 5.41) is 14.3. The molecule has 132 valence electrons. The van der Waals surface area contributed by atoms with Crippen molar-refractivity contribution >= 4 is 26.9 Å². The van der Waals surface area contributed by atoms with Crippen molar-refractivity contribution in [2.75, 3.05) is 29.6 Å². The molecule has 0 saturated carbocycles. The molecule has 1 fully saturated rings. The Hall–Kier alpha value is -2.61. The largest absolute Gasteiger partial charge is 0.380 e. The highest BCUT2D eigenvalue weighted by atomic mass is 32.2. The molecule has 0 bridgehead atoms. The minimum atomic E-state index is -3.68. The molecule has 0 radical (unpaired) electrons. The quantitative estimate of drug-likeness (QED) is 0.650. The van der Waals surface area contributed by atoms with Crippen LogP contribution in [-0.2, 0) is 9.84 Å². The van der Waals surface area contributed by atoms with Crippen molar-refractivity contribution in [3.8, 4) is 0 Å². The number of nitrogens with zero attached hydrogens (tertiary/aromatic N) is 2. The number of hydrogen-bond acceptors (Lipinski definition) is 6. The molecule has 3 rings (SSSR count). The molecular formula is C17H19N3O4S. The van der Waals surface area contributed by atoms with Gasteiger partial charge in [0, 0.05) is 42.8 Å². The lowest BCUT2D eigenvalue weighted by atomic mass is 10.2. The van der Waals surface area contributed by atoms with Crippen molar-refractivity contribution in [1.29, 1.82) is 0 Å². The number of nitro groups is 1. The Bertz CT molecular complexity index is 884. The average molecular weight is 361 g/mol. The molecule has 7 nitrogen and oxygen atoms in total. The summed E-state index contributed by atoms with van der Waals surface area (Å²) in [6.07, 6.45) is 1.88. The van der Waals surface area contributed by atoms with Gasteiger partial charge >= 0.3 is 0 Å². The maximum Gasteiger partial charge on any atom is 0.288 e. The van der Waals surface area contributed by atoms with E-state index in [1.807, 2.05) is 18.2 Å². The topological polar surface area (TPSA) is 92.6 Å². The Balaban J connectivity index is 1.77. The summed E-state index contributed by atoms with van der Waals surface area (Å²) in [5.74, 6) is 0. The Morgan fingerprint density at radius 2 is 1.92 bits per heavy atom. The molecule has 1 atom stereocenters. The number of nitro benzene ring substituents is 1. The van der Waals surface area contributed by atoms with E-state index in [0.29, 0.717) is 5.69 Å². The van der Waals surface area contributed by atoms with Crippen molar-refractivity contribution in [3.05, 3.63) is 58.6 Å². The van der Waals surface area contributed by atoms with Crippen molar-refractivity contribution in [2.45, 2.75) is 17.4 Å². The number of para-hydroxylation sites is 1. The van der Waals surface area contributed by atoms with Gasteiger partial charge < -0.3 is 10.2 Å². The molecule has 1 N–H and O–H groups in total. The normalized spacial score (nSPS) is 17.5. The van der Waals surface area contributed by atoms with Crippen LogP contribution < -0.4 is 10.2 Å². The highest BCUT2D eigenvalue weighted by Crippen LogP contribution is 2.28. The lowest BCUT2D eigenvalue weighted by Gasteiger charge is -2.19. The number of benzene rings is 2. The van der Waals surface area contributed by atoms with Crippen LogP contribution in [0.5, 0.6) is 0 Å². The van der Waals surface area contributed by atoms with Gasteiger partial charge in [-0.15, -0.1) is 0 Å². The van der Waals surface area contributed by atoms with Gasteiger partial charge in [0.1, 0.15) is 4.90 Å². The second kappa shape index (κ2) is 6.72. The first-order chi connectivity index (χ1) is 11.8. The first-order valence-corrected chi connectivity index (χ1v) is 9.79. The van der Waals surface area contributed by atoms with Gasteiger partial charge in [-0.2, -0.15) is 0 Å². The lowest BCUT2D eigenvalue weighted by molar-refractivity contribution is -0.387. The van der Waals surface area contributed by atoms with Gasteiger partial charge in [0.2, 0.25) is 0 Å². The van der Waals surface area contributed by atoms with Crippen LogP contribution in [0.3, 0.4) is 0 Å². The molecule has 1 aliphatic rings. The van der Waals surface area contributed by atoms with Crippen LogP contribution in [0.25, 0.3) is 0 Å². The molecule has 25 heavy (non-hydrogen) atoms. The van der Waals surface area contributed by atoms with Crippen molar-refractivity contribution in [2.24, 2.45) is 0 Å². The highest BCUT2D eigenvalue weighted by molar-refractivity contribution is 7.90. The summed E-state index contributed by atoms with van der Waals surface area (Å²) in [4.78, 5) is 12.4. The van der Waals surface area contributed by atoms with Crippen LogP contribution in [0, 0.1) is 10.1 Å². The van der Waals surface area contributed by atoms with E-state index in [-0.39, 0.29) is 10.9 Å². The summed E-state index contributed by atoms with van der Waals surface area (Å²) in [5.41, 5.74) is 1.32. The third-order valence-electron chi connectivity index (χ3n) is 4.24. The van der Waals surface area contributed by atoms with Crippen LogP contribution in [0.4, 0.5) is 17.1 Å². The van der Waals surface area contributed by atoms with Gasteiger partial charge in [-0.25, -0.2) is 8.42 Å². The van der Waals surface area contributed by atoms with E-state index in [2.05, 4.69) is 22.3 Å². The minimum Gasteiger partial charge on any atom is -0.380 e. The van der Waals surface area contributed by atoms with Gasteiger partial charge in [0.25, 0.3) is 5.69 Å². The maximum absolute atomic E-state index is 11.8. The fourth-order valence-electron chi connectivity index (χ4n) is 3.04. The predicted octanol–water partition coefficient (Wildman–Crippen LogP) is 2.69. The van der Waals surface area contributed by atoms with Crippen LogP contribution in [0.1, 0.15) is 6.42 Å². The number of sulfone groups is 1. The number of hydrogen-bond donors (Lipinski definition) is 1. The van der Waals surface area contributed by atoms with Gasteiger partial charge in [0.15, 0.2) is 9.84 Å². The smallest absolute Gasteiger partial charge is 0.288 e. The van der Waals surface area contributed by atoms with Crippen molar-refractivity contribution in [1.82, 2.24) is 0 Å². The van der Waals surface area contributed by atoms with E-state index < -0.39 is 20.4 Å². The minimum absolute atomic E-state index is 0.147. The monoisotopic (exact) mass is 361 g/mol. The fraction of sp³-hybridized carbons (Fsp3) is 0.294. The molecule has 0 spiro atoms. The van der Waals surface area contributed by atoms with Crippen LogP contribution in [-0.4, -0.2) is 38.7 Å². The molecule has 1 unspecified atom stereocenters. The molecule has 1 saturated heterocycles. The Labute approximate surface area is 146 Å². The summed E-state index contributed by atoms with van der Waals surface area (Å²) in [6.45, 7) is 1.68. The van der Waals surface area contributed by atoms with E-state index in [4.69, 9.17) is 0 Å². The van der Waals surface area contributed by atoms with Gasteiger partial charge in [-0.1, -0.05) is 18.2 Å². The number of nitrogens with one attached hydrogen (secondary N) is 1. The van der Waals surface area contributed by atoms with E-state index >= 15 is 0 Å². The zero-order valence-electron chi connectivity index (χ0n) is 13.8. The molecule has 2 aromatic rings. The molecule has 0 aliphatic carbocycles. The van der Waals surface area contributed by atoms with Gasteiger partial charge in [-0.3, -0.25) is 10.1 Å². The number of anilines is 2. The van der Waals surface area contributed by atoms with E-state index in [0.717, 1.165) is 31.5 Å². The third kappa shape index (κ3) is 3.90. The van der Waals surface area contributed by atoms with Crippen LogP contribution >= 0.6 is 0 Å². The zero-order valence-corrected chi connectivity index (χ0v) is 14.6. The summed E-state index contributed by atoms with van der Waals surface area (Å²) in [7, 11) is -3.68. The highest BCUT2D eigenvalue weighted by Gasteiger charge is 2.25. The summed E-state index contributed by atoms with van der Waals surface area (Å²) in [6, 6.07) is 14.3. The van der Waals surface area contributed by atoms with Crippen molar-refractivity contribution < 1.29 is 13.3 Å². The van der Waals surface area contributed by atoms with E-state index in [9.17, 15) is 18.5 Å². The Kier molecular flexibility index (Phi) is 4.63. The average Bonchev–Trinajstić information content (AvgIpc) is 3.03. The zero-order chi connectivity index (χ0) is 18.0. The van der Waals surface area contributed by atoms with Crippen LogP contribution in [0.15, 0.2) is 53.4 Å². The van der Waals surface area contributed by atoms with Gasteiger partial charge in [0.05, 0.1) is 4.92 Å². The van der Waals surface area contributed by atoms with E-state index in [1.54, 1.807) is 6.07 Å². The summed E-state index contributed by atoms with van der Waals surface area (Å²) < 4.78 is 23.7. The molecule has 0 aromatic heterocycles. The first kappa shape index (κ1) is 17.2. The van der Waals surface area contributed by atoms with Crippen LogP contribution in [0.2, 0.25) is 0 Å². The fourth-order valence-corrected chi connectivity index (χ4v) is 3.90. The molecule has 2 aromatic carbocycles. The third-order valence-corrected chi connectivity index (χ3v) is 5.36. The standard InChI is InChI=1S/C17H19N3O4S/c1-25(23,24)17-11-13(7-8-16(17)20(21)22)18-14-9-10-19(12-14)15-5-3-2-4-6-15/h2-8,11,14,18H,9-10,12H2,1H3. The van der Waals surface area contributed by atoms with Gasteiger partial charge in [-0.05, 0) is 30.7 Å². The maximum atomic E-state index is 11.8. The molecular weight excluding hydrogens is 342 g/mol. The predicted molar refractivity (Wildman–Crippen MR) is 96.9 cm³/mol. The Morgan fingerprint density at radius 1 is 1.20 bits per heavy atom. The molecule has 1 aliphatic heterocycles. The van der Waals surface area contributed by atoms with Crippen molar-refractivity contribution in [3.63, 3.8) is 0 Å². The Morgan fingerprint density at radius 3 is 2.56 bits per heavy atom.